The summed E-state index contributed by atoms with van der Waals surface area (Å²) in [5, 5.41) is 10.1. The van der Waals surface area contributed by atoms with Gasteiger partial charge in [-0.15, -0.1) is 0 Å². The van der Waals surface area contributed by atoms with Crippen molar-refractivity contribution >= 4 is 72.6 Å². The third-order valence-electron chi connectivity index (χ3n) is 12.9. The van der Waals surface area contributed by atoms with E-state index >= 15 is 0 Å². The Morgan fingerprint density at radius 1 is 0.270 bits per heavy atom. The zero-order chi connectivity index (χ0) is 41.7. The summed E-state index contributed by atoms with van der Waals surface area (Å²) in [6.45, 7) is 0. The molecule has 0 unspecified atom stereocenters. The number of hydrogen-bond donors (Lipinski definition) is 0. The van der Waals surface area contributed by atoms with Gasteiger partial charge in [0.1, 0.15) is 11.2 Å². The zero-order valence-corrected chi connectivity index (χ0v) is 35.5. The maximum Gasteiger partial charge on any atom is 0.179 e. The van der Waals surface area contributed by atoms with E-state index < -0.39 is 8.07 Å². The highest BCUT2D eigenvalue weighted by Crippen LogP contribution is 2.38. The molecule has 3 heteroatoms. The fraction of sp³-hybridized carbons (Fsp3) is 0. The summed E-state index contributed by atoms with van der Waals surface area (Å²) in [7, 11) is -2.68. The van der Waals surface area contributed by atoms with Crippen molar-refractivity contribution in [3.63, 3.8) is 0 Å². The Balaban J connectivity index is 0.959. The monoisotopic (exact) mass is 819 g/mol. The number of furan rings is 1. The van der Waals surface area contributed by atoms with E-state index in [-0.39, 0.29) is 0 Å². The Kier molecular flexibility index (Phi) is 8.87. The molecule has 63 heavy (non-hydrogen) atoms. The van der Waals surface area contributed by atoms with Gasteiger partial charge in [-0.2, -0.15) is 0 Å². The topological polar surface area (TPSA) is 18.1 Å². The minimum absolute atomic E-state index is 0.881. The minimum atomic E-state index is -2.68. The Labute approximate surface area is 367 Å². The molecule has 0 bridgehead atoms. The molecule has 0 N–H and O–H groups in total. The molecule has 0 fully saturated rings. The van der Waals surface area contributed by atoms with Gasteiger partial charge in [-0.1, -0.05) is 194 Å². The fourth-order valence-corrected chi connectivity index (χ4v) is 14.8. The van der Waals surface area contributed by atoms with Crippen LogP contribution >= 0.6 is 0 Å². The average molecular weight is 820 g/mol. The van der Waals surface area contributed by atoms with E-state index in [0.29, 0.717) is 0 Å². The molecule has 0 saturated carbocycles. The lowest BCUT2D eigenvalue weighted by atomic mass is 9.98. The largest absolute Gasteiger partial charge is 0.456 e. The Morgan fingerprint density at radius 2 is 0.714 bits per heavy atom. The quantitative estimate of drug-likeness (QED) is 0.110. The van der Waals surface area contributed by atoms with Gasteiger partial charge in [0.2, 0.25) is 0 Å². The number of nitrogens with zero attached hydrogens (tertiary/aromatic N) is 1. The van der Waals surface area contributed by atoms with Crippen LogP contribution in [0.25, 0.3) is 82.8 Å². The Bertz CT molecular complexity index is 3510. The molecule has 0 spiro atoms. The Morgan fingerprint density at radius 3 is 1.38 bits per heavy atom. The second-order valence-electron chi connectivity index (χ2n) is 16.5. The lowest BCUT2D eigenvalue weighted by Gasteiger charge is -2.34. The number of hydrogen-bond acceptors (Lipinski definition) is 1. The molecule has 10 aromatic carbocycles. The first-order valence-corrected chi connectivity index (χ1v) is 23.7. The van der Waals surface area contributed by atoms with Crippen molar-refractivity contribution in [3.8, 4) is 39.1 Å². The minimum Gasteiger partial charge on any atom is -0.456 e. The molecular formula is C60H41NOSi. The average Bonchev–Trinajstić information content (AvgIpc) is 3.90. The molecule has 2 nitrogen and oxygen atoms in total. The van der Waals surface area contributed by atoms with Gasteiger partial charge in [0.05, 0.1) is 11.0 Å². The smallest absolute Gasteiger partial charge is 0.179 e. The van der Waals surface area contributed by atoms with Crippen LogP contribution in [0, 0.1) is 0 Å². The highest BCUT2D eigenvalue weighted by molar-refractivity contribution is 7.19. The van der Waals surface area contributed by atoms with Crippen LogP contribution in [0.2, 0.25) is 0 Å². The summed E-state index contributed by atoms with van der Waals surface area (Å²) in [6.07, 6.45) is 0. The third-order valence-corrected chi connectivity index (χ3v) is 17.7. The maximum absolute atomic E-state index is 6.50. The van der Waals surface area contributed by atoms with E-state index in [2.05, 4.69) is 253 Å². The van der Waals surface area contributed by atoms with Crippen LogP contribution in [0.5, 0.6) is 0 Å². The van der Waals surface area contributed by atoms with Gasteiger partial charge in [0.25, 0.3) is 0 Å². The molecule has 2 aromatic heterocycles. The molecule has 12 rings (SSSR count). The molecular weight excluding hydrogens is 779 g/mol. The second kappa shape index (κ2) is 15.2. The highest BCUT2D eigenvalue weighted by Gasteiger charge is 2.41. The van der Waals surface area contributed by atoms with E-state index in [1.807, 2.05) is 0 Å². The third kappa shape index (κ3) is 6.16. The molecule has 0 amide bonds. The number of fused-ring (bicyclic) bond motifs is 6. The summed E-state index contributed by atoms with van der Waals surface area (Å²) < 4.78 is 8.89. The van der Waals surface area contributed by atoms with Crippen LogP contribution in [0.3, 0.4) is 0 Å². The summed E-state index contributed by atoms with van der Waals surface area (Å²) in [5.41, 5.74) is 12.4. The zero-order valence-electron chi connectivity index (χ0n) is 34.5. The molecule has 12 aromatic rings. The van der Waals surface area contributed by atoms with Gasteiger partial charge < -0.3 is 8.98 Å². The lowest BCUT2D eigenvalue weighted by Crippen LogP contribution is -2.74. The predicted octanol–water partition coefficient (Wildman–Crippen LogP) is 13.1. The van der Waals surface area contributed by atoms with E-state index in [1.54, 1.807) is 0 Å². The highest BCUT2D eigenvalue weighted by atomic mass is 28.3. The van der Waals surface area contributed by atoms with Gasteiger partial charge in [0.15, 0.2) is 8.07 Å². The van der Waals surface area contributed by atoms with Crippen LogP contribution in [0.1, 0.15) is 0 Å². The van der Waals surface area contributed by atoms with Gasteiger partial charge in [0, 0.05) is 27.2 Å². The summed E-state index contributed by atoms with van der Waals surface area (Å²) in [5.74, 6) is 0. The van der Waals surface area contributed by atoms with Gasteiger partial charge in [-0.25, -0.2) is 0 Å². The SMILES string of the molecule is c1ccc(-c2ccc3c(c2)c2ccccc2n3-c2ccc3oc4ccc(-c5cccc(-c6cccc([Si](c7ccccc7)(c7ccccc7)c7ccccc7)c6)c5)cc4c3c2)cc1. The summed E-state index contributed by atoms with van der Waals surface area (Å²) >= 11 is 0. The number of para-hydroxylation sites is 1. The van der Waals surface area contributed by atoms with Crippen LogP contribution in [0.15, 0.2) is 253 Å². The van der Waals surface area contributed by atoms with Crippen molar-refractivity contribution in [3.05, 3.63) is 249 Å². The van der Waals surface area contributed by atoms with Crippen LogP contribution in [-0.2, 0) is 0 Å². The first kappa shape index (κ1) is 36.8. The van der Waals surface area contributed by atoms with Gasteiger partial charge in [-0.3, -0.25) is 0 Å². The van der Waals surface area contributed by atoms with Crippen molar-refractivity contribution in [2.45, 2.75) is 0 Å². The summed E-state index contributed by atoms with van der Waals surface area (Å²) in [4.78, 5) is 0. The Hall–Kier alpha value is -7.98. The standard InChI is InChI=1S/C60H41NOSi/c1-5-17-42(18-6-1)46-31-34-58-54(39-46)53-29-13-14-30-57(53)61(58)48-33-36-60-56(41-48)55-40-47(32-35-59(55)62-60)44-20-15-19-43(37-44)45-21-16-28-52(38-45)63(49-22-7-2-8-23-49,50-24-9-3-10-25-50)51-26-11-4-12-27-51/h1-41H. The first-order chi connectivity index (χ1) is 31.2. The number of aromatic nitrogens is 1. The van der Waals surface area contributed by atoms with Crippen molar-refractivity contribution < 1.29 is 4.42 Å². The van der Waals surface area contributed by atoms with Crippen molar-refractivity contribution in [1.82, 2.24) is 4.57 Å². The van der Waals surface area contributed by atoms with E-state index in [1.165, 1.54) is 70.4 Å². The predicted molar refractivity (Wildman–Crippen MR) is 268 cm³/mol. The normalized spacial score (nSPS) is 11.8. The van der Waals surface area contributed by atoms with Gasteiger partial charge in [-0.05, 0) is 109 Å². The second-order valence-corrected chi connectivity index (χ2v) is 20.3. The van der Waals surface area contributed by atoms with Gasteiger partial charge >= 0.3 is 0 Å². The van der Waals surface area contributed by atoms with E-state index in [0.717, 1.165) is 33.2 Å². The van der Waals surface area contributed by atoms with Crippen molar-refractivity contribution in [2.75, 3.05) is 0 Å². The molecule has 296 valence electrons. The lowest BCUT2D eigenvalue weighted by molar-refractivity contribution is 0.669. The van der Waals surface area contributed by atoms with Crippen molar-refractivity contribution in [2.24, 2.45) is 0 Å². The molecule has 0 aliphatic rings. The maximum atomic E-state index is 6.50. The van der Waals surface area contributed by atoms with Crippen LogP contribution in [-0.4, -0.2) is 12.6 Å². The van der Waals surface area contributed by atoms with Crippen molar-refractivity contribution in [1.29, 1.82) is 0 Å². The summed E-state index contributed by atoms with van der Waals surface area (Å²) in [6, 6.07) is 91.1. The molecule has 0 atom stereocenters. The van der Waals surface area contributed by atoms with E-state index in [4.69, 9.17) is 4.42 Å². The molecule has 0 saturated heterocycles. The fourth-order valence-electron chi connectivity index (χ4n) is 10.0. The van der Waals surface area contributed by atoms with Crippen LogP contribution in [0.4, 0.5) is 0 Å². The number of benzene rings is 10. The van der Waals surface area contributed by atoms with Crippen LogP contribution < -0.4 is 20.7 Å². The molecule has 0 radical (unpaired) electrons. The molecule has 0 aliphatic heterocycles. The molecule has 2 heterocycles. The first-order valence-electron chi connectivity index (χ1n) is 21.7. The molecule has 0 aliphatic carbocycles. The number of rotatable bonds is 8. The van der Waals surface area contributed by atoms with E-state index in [9.17, 15) is 0 Å².